The molecule has 0 heterocycles. The maximum Gasteiger partial charge on any atom is 0.263 e. The molecule has 1 aliphatic rings. The van der Waals surface area contributed by atoms with E-state index in [1.54, 1.807) is 18.2 Å². The summed E-state index contributed by atoms with van der Waals surface area (Å²) < 4.78 is 49.1. The van der Waals surface area contributed by atoms with Crippen molar-refractivity contribution in [1.82, 2.24) is 0 Å². The summed E-state index contributed by atoms with van der Waals surface area (Å²) in [7, 11) is 0. The van der Waals surface area contributed by atoms with Crippen molar-refractivity contribution >= 4 is 0 Å². The lowest BCUT2D eigenvalue weighted by atomic mass is 9.78. The topological polar surface area (TPSA) is 0 Å². The molecule has 116 valence electrons. The minimum Gasteiger partial charge on any atom is -0.210 e. The van der Waals surface area contributed by atoms with Crippen molar-refractivity contribution in [3.05, 3.63) is 47.5 Å². The van der Waals surface area contributed by atoms with Crippen molar-refractivity contribution in [3.8, 4) is 0 Å². The molecule has 21 heavy (non-hydrogen) atoms. The first-order chi connectivity index (χ1) is 10.1. The van der Waals surface area contributed by atoms with Crippen LogP contribution in [0.2, 0.25) is 0 Å². The van der Waals surface area contributed by atoms with E-state index >= 15 is 0 Å². The van der Waals surface area contributed by atoms with Gasteiger partial charge in [-0.2, -0.15) is 0 Å². The molecule has 4 heteroatoms. The van der Waals surface area contributed by atoms with Gasteiger partial charge in [-0.05, 0) is 43.1 Å². The monoisotopic (exact) mass is 300 g/mol. The quantitative estimate of drug-likeness (QED) is 0.454. The number of hydrogen-bond acceptors (Lipinski definition) is 0. The summed E-state index contributed by atoms with van der Waals surface area (Å²) in [5, 5.41) is 0. The molecule has 1 saturated carbocycles. The SMILES string of the molecule is FC(F)C/C=C/[C@H]1CC[C@H](c2ccc(C(F)F)cc2)CC1. The summed E-state index contributed by atoms with van der Waals surface area (Å²) in [5.74, 6) is 0.775. The molecule has 0 nitrogen and oxygen atoms in total. The molecule has 0 aliphatic heterocycles. The Labute approximate surface area is 122 Å². The van der Waals surface area contributed by atoms with Crippen LogP contribution in [0.5, 0.6) is 0 Å². The Balaban J connectivity index is 1.84. The van der Waals surface area contributed by atoms with Crippen LogP contribution in [0.1, 0.15) is 55.6 Å². The van der Waals surface area contributed by atoms with Crippen molar-refractivity contribution in [2.45, 2.75) is 50.9 Å². The molecular weight excluding hydrogens is 280 g/mol. The average Bonchev–Trinajstić information content (AvgIpc) is 2.48. The predicted octanol–water partition coefficient (Wildman–Crippen LogP) is 6.11. The molecule has 1 aromatic rings. The molecule has 0 unspecified atom stereocenters. The van der Waals surface area contributed by atoms with Crippen LogP contribution in [0.4, 0.5) is 17.6 Å². The van der Waals surface area contributed by atoms with Crippen LogP contribution in [-0.2, 0) is 0 Å². The molecule has 0 aromatic heterocycles. The van der Waals surface area contributed by atoms with Gasteiger partial charge in [0.25, 0.3) is 6.43 Å². The fraction of sp³-hybridized carbons (Fsp3) is 0.529. The zero-order chi connectivity index (χ0) is 15.2. The molecule has 0 bridgehead atoms. The van der Waals surface area contributed by atoms with Crippen molar-refractivity contribution in [3.63, 3.8) is 0 Å². The van der Waals surface area contributed by atoms with E-state index < -0.39 is 12.9 Å². The lowest BCUT2D eigenvalue weighted by molar-refractivity contribution is 0.151. The van der Waals surface area contributed by atoms with Gasteiger partial charge >= 0.3 is 0 Å². The first-order valence-electron chi connectivity index (χ1n) is 7.39. The molecular formula is C17H20F4. The molecule has 1 aromatic carbocycles. The minimum absolute atomic E-state index is 0.0577. The second kappa shape index (κ2) is 7.62. The predicted molar refractivity (Wildman–Crippen MR) is 75.9 cm³/mol. The Hall–Kier alpha value is -1.32. The van der Waals surface area contributed by atoms with Gasteiger partial charge in [-0.25, -0.2) is 17.6 Å². The van der Waals surface area contributed by atoms with Gasteiger partial charge in [-0.15, -0.1) is 0 Å². The van der Waals surface area contributed by atoms with Crippen LogP contribution < -0.4 is 0 Å². The molecule has 0 N–H and O–H groups in total. The Bertz CT molecular complexity index is 442. The fourth-order valence-corrected chi connectivity index (χ4v) is 2.93. The van der Waals surface area contributed by atoms with E-state index in [-0.39, 0.29) is 12.0 Å². The number of rotatable bonds is 5. The third kappa shape index (κ3) is 4.87. The van der Waals surface area contributed by atoms with E-state index in [2.05, 4.69) is 0 Å². The summed E-state index contributed by atoms with van der Waals surface area (Å²) in [5.41, 5.74) is 1.16. The highest BCUT2D eigenvalue weighted by Gasteiger charge is 2.21. The largest absolute Gasteiger partial charge is 0.263 e. The van der Waals surface area contributed by atoms with Crippen molar-refractivity contribution < 1.29 is 17.6 Å². The second-order valence-corrected chi connectivity index (χ2v) is 5.63. The van der Waals surface area contributed by atoms with Gasteiger partial charge in [0.15, 0.2) is 0 Å². The van der Waals surface area contributed by atoms with Gasteiger partial charge in [0.05, 0.1) is 0 Å². The summed E-state index contributed by atoms with van der Waals surface area (Å²) in [4.78, 5) is 0. The third-order valence-electron chi connectivity index (χ3n) is 4.15. The highest BCUT2D eigenvalue weighted by atomic mass is 19.3. The van der Waals surface area contributed by atoms with Gasteiger partial charge in [-0.3, -0.25) is 0 Å². The molecule has 1 fully saturated rings. The summed E-state index contributed by atoms with van der Waals surface area (Å²) >= 11 is 0. The molecule has 1 aliphatic carbocycles. The zero-order valence-electron chi connectivity index (χ0n) is 11.8. The molecule has 0 saturated heterocycles. The minimum atomic E-state index is -2.42. The number of alkyl halides is 4. The Kier molecular flexibility index (Phi) is 5.83. The van der Waals surface area contributed by atoms with Crippen LogP contribution in [0.3, 0.4) is 0 Å². The summed E-state index contributed by atoms with van der Waals surface area (Å²) in [6.45, 7) is 0. The number of halogens is 4. The van der Waals surface area contributed by atoms with Gasteiger partial charge in [0, 0.05) is 12.0 Å². The Morgan fingerprint density at radius 2 is 1.57 bits per heavy atom. The zero-order valence-corrected chi connectivity index (χ0v) is 11.8. The van der Waals surface area contributed by atoms with Crippen molar-refractivity contribution in [2.24, 2.45) is 5.92 Å². The highest BCUT2D eigenvalue weighted by molar-refractivity contribution is 5.26. The lowest BCUT2D eigenvalue weighted by Gasteiger charge is -2.27. The van der Waals surface area contributed by atoms with Gasteiger partial charge in [0.1, 0.15) is 0 Å². The average molecular weight is 300 g/mol. The van der Waals surface area contributed by atoms with Crippen LogP contribution in [0.25, 0.3) is 0 Å². The number of benzene rings is 1. The van der Waals surface area contributed by atoms with Gasteiger partial charge in [0.2, 0.25) is 6.43 Å². The summed E-state index contributed by atoms with van der Waals surface area (Å²) in [6.07, 6.45) is 2.53. The smallest absolute Gasteiger partial charge is 0.210 e. The van der Waals surface area contributed by atoms with Gasteiger partial charge in [-0.1, -0.05) is 36.4 Å². The first-order valence-corrected chi connectivity index (χ1v) is 7.39. The van der Waals surface area contributed by atoms with Crippen LogP contribution in [0.15, 0.2) is 36.4 Å². The van der Waals surface area contributed by atoms with Crippen molar-refractivity contribution in [2.75, 3.05) is 0 Å². The van der Waals surface area contributed by atoms with E-state index in [0.717, 1.165) is 31.2 Å². The normalized spacial score (nSPS) is 23.3. The molecule has 0 amide bonds. The molecule has 0 spiro atoms. The van der Waals surface area contributed by atoms with E-state index in [9.17, 15) is 17.6 Å². The van der Waals surface area contributed by atoms with Crippen molar-refractivity contribution in [1.29, 1.82) is 0 Å². The highest BCUT2D eigenvalue weighted by Crippen LogP contribution is 2.36. The van der Waals surface area contributed by atoms with Crippen LogP contribution >= 0.6 is 0 Å². The maximum absolute atomic E-state index is 12.5. The number of hydrogen-bond donors (Lipinski definition) is 0. The standard InChI is InChI=1S/C17H20F4/c18-16(19)3-1-2-12-4-6-13(7-5-12)14-8-10-15(11-9-14)17(20)21/h1-2,8-13,16-17H,3-7H2/b2-1+/t12-,13-. The molecule has 2 rings (SSSR count). The first kappa shape index (κ1) is 16.1. The maximum atomic E-state index is 12.5. The second-order valence-electron chi connectivity index (χ2n) is 5.63. The Morgan fingerprint density at radius 3 is 2.10 bits per heavy atom. The van der Waals surface area contributed by atoms with Crippen LogP contribution in [0, 0.1) is 5.92 Å². The van der Waals surface area contributed by atoms with E-state index in [1.807, 2.05) is 6.08 Å². The van der Waals surface area contributed by atoms with E-state index in [4.69, 9.17) is 0 Å². The lowest BCUT2D eigenvalue weighted by Crippen LogP contribution is -2.11. The van der Waals surface area contributed by atoms with E-state index in [1.165, 1.54) is 12.1 Å². The third-order valence-corrected chi connectivity index (χ3v) is 4.15. The molecule has 0 atom stereocenters. The fourth-order valence-electron chi connectivity index (χ4n) is 2.93. The Morgan fingerprint density at radius 1 is 0.952 bits per heavy atom. The number of allylic oxidation sites excluding steroid dienone is 2. The van der Waals surface area contributed by atoms with Crippen LogP contribution in [-0.4, -0.2) is 6.43 Å². The van der Waals surface area contributed by atoms with Gasteiger partial charge < -0.3 is 0 Å². The molecule has 0 radical (unpaired) electrons. The van der Waals surface area contributed by atoms with E-state index in [0.29, 0.717) is 11.8 Å². The summed E-state index contributed by atoms with van der Waals surface area (Å²) in [6, 6.07) is 6.57.